The van der Waals surface area contributed by atoms with Crippen molar-refractivity contribution in [2.24, 2.45) is 0 Å². The van der Waals surface area contributed by atoms with Gasteiger partial charge in [0.25, 0.3) is 0 Å². The van der Waals surface area contributed by atoms with Gasteiger partial charge in [-0.1, -0.05) is 0 Å². The molecule has 2 rings (SSSR count). The second-order valence-electron chi connectivity index (χ2n) is 3.37. The summed E-state index contributed by atoms with van der Waals surface area (Å²) in [5.41, 5.74) is 8.29. The molecule has 2 aromatic rings. The minimum Gasteiger partial charge on any atom is -0.497 e. The highest BCUT2D eigenvalue weighted by Crippen LogP contribution is 2.20. The molecule has 0 atom stereocenters. The minimum atomic E-state index is 0.664. The topological polar surface area (TPSA) is 53.1 Å². The predicted molar refractivity (Wildman–Crippen MR) is 59.3 cm³/mol. The average molecular weight is 203 g/mol. The van der Waals surface area contributed by atoms with Gasteiger partial charge in [-0.3, -0.25) is 0 Å². The van der Waals surface area contributed by atoms with Gasteiger partial charge in [-0.05, 0) is 19.1 Å². The summed E-state index contributed by atoms with van der Waals surface area (Å²) >= 11 is 0. The molecule has 1 heterocycles. The first-order valence-electron chi connectivity index (χ1n) is 4.66. The van der Waals surface area contributed by atoms with Crippen LogP contribution in [0.25, 0.3) is 5.69 Å². The lowest BCUT2D eigenvalue weighted by Gasteiger charge is -2.06. The van der Waals surface area contributed by atoms with Crippen molar-refractivity contribution in [1.29, 1.82) is 0 Å². The van der Waals surface area contributed by atoms with Crippen molar-refractivity contribution in [2.45, 2.75) is 6.92 Å². The highest BCUT2D eigenvalue weighted by molar-refractivity contribution is 5.53. The summed E-state index contributed by atoms with van der Waals surface area (Å²) < 4.78 is 6.91. The molecular formula is C11H13N3O. The van der Waals surface area contributed by atoms with Crippen LogP contribution >= 0.6 is 0 Å². The van der Waals surface area contributed by atoms with Crippen LogP contribution in [-0.4, -0.2) is 16.9 Å². The molecule has 4 heteroatoms. The van der Waals surface area contributed by atoms with Crippen molar-refractivity contribution < 1.29 is 4.74 Å². The van der Waals surface area contributed by atoms with Crippen LogP contribution in [0.15, 0.2) is 30.5 Å². The third-order valence-corrected chi connectivity index (χ3v) is 2.14. The van der Waals surface area contributed by atoms with Gasteiger partial charge in [-0.25, -0.2) is 4.68 Å². The van der Waals surface area contributed by atoms with Gasteiger partial charge in [0.15, 0.2) is 0 Å². The fourth-order valence-electron chi connectivity index (χ4n) is 1.41. The van der Waals surface area contributed by atoms with Crippen LogP contribution in [0.4, 0.5) is 5.69 Å². The highest BCUT2D eigenvalue weighted by Gasteiger charge is 2.02. The number of ether oxygens (including phenoxy) is 1. The fourth-order valence-corrected chi connectivity index (χ4v) is 1.41. The number of hydrogen-bond acceptors (Lipinski definition) is 3. The number of nitrogens with two attached hydrogens (primary N) is 1. The molecule has 78 valence electrons. The SMILES string of the molecule is COc1cc(N)cc(-n2ccc(C)n2)c1. The van der Waals surface area contributed by atoms with E-state index < -0.39 is 0 Å². The van der Waals surface area contributed by atoms with Gasteiger partial charge in [0, 0.05) is 24.0 Å². The molecular weight excluding hydrogens is 190 g/mol. The van der Waals surface area contributed by atoms with Crippen LogP contribution in [0.1, 0.15) is 5.69 Å². The Bertz CT molecular complexity index is 476. The minimum absolute atomic E-state index is 0.664. The zero-order chi connectivity index (χ0) is 10.8. The van der Waals surface area contributed by atoms with Crippen molar-refractivity contribution >= 4 is 5.69 Å². The van der Waals surface area contributed by atoms with Gasteiger partial charge in [0.1, 0.15) is 5.75 Å². The number of nitrogen functional groups attached to an aromatic ring is 1. The Morgan fingerprint density at radius 2 is 2.13 bits per heavy atom. The molecule has 0 saturated heterocycles. The summed E-state index contributed by atoms with van der Waals surface area (Å²) in [6.07, 6.45) is 1.89. The monoisotopic (exact) mass is 203 g/mol. The van der Waals surface area contributed by atoms with Crippen LogP contribution in [0.2, 0.25) is 0 Å². The number of hydrogen-bond donors (Lipinski definition) is 1. The molecule has 1 aromatic carbocycles. The lowest BCUT2D eigenvalue weighted by atomic mass is 10.2. The molecule has 0 unspecified atom stereocenters. The van der Waals surface area contributed by atoms with Crippen LogP contribution in [0.5, 0.6) is 5.75 Å². The molecule has 2 N–H and O–H groups in total. The van der Waals surface area contributed by atoms with Gasteiger partial charge in [-0.15, -0.1) is 0 Å². The van der Waals surface area contributed by atoms with E-state index in [9.17, 15) is 0 Å². The van der Waals surface area contributed by atoms with Crippen molar-refractivity contribution in [3.63, 3.8) is 0 Å². The maximum Gasteiger partial charge on any atom is 0.123 e. The van der Waals surface area contributed by atoms with Crippen molar-refractivity contribution in [1.82, 2.24) is 9.78 Å². The largest absolute Gasteiger partial charge is 0.497 e. The van der Waals surface area contributed by atoms with Crippen LogP contribution in [0, 0.1) is 6.92 Å². The Labute approximate surface area is 88.3 Å². The molecule has 15 heavy (non-hydrogen) atoms. The van der Waals surface area contributed by atoms with E-state index >= 15 is 0 Å². The molecule has 0 aliphatic rings. The number of benzene rings is 1. The maximum atomic E-state index is 5.76. The molecule has 0 saturated carbocycles. The quantitative estimate of drug-likeness (QED) is 0.757. The average Bonchev–Trinajstić information content (AvgIpc) is 2.64. The van der Waals surface area contributed by atoms with Crippen LogP contribution in [0.3, 0.4) is 0 Å². The van der Waals surface area contributed by atoms with Crippen molar-refractivity contribution in [3.8, 4) is 11.4 Å². The highest BCUT2D eigenvalue weighted by atomic mass is 16.5. The molecule has 0 aliphatic carbocycles. The Morgan fingerprint density at radius 1 is 1.33 bits per heavy atom. The predicted octanol–water partition coefficient (Wildman–Crippen LogP) is 1.77. The first kappa shape index (κ1) is 9.58. The summed E-state index contributed by atoms with van der Waals surface area (Å²) in [5, 5.41) is 4.30. The van der Waals surface area contributed by atoms with Gasteiger partial charge in [0.2, 0.25) is 0 Å². The number of nitrogens with zero attached hydrogens (tertiary/aromatic N) is 2. The van der Waals surface area contributed by atoms with Crippen molar-refractivity contribution in [3.05, 3.63) is 36.2 Å². The summed E-state index contributed by atoms with van der Waals surface area (Å²) in [5.74, 6) is 0.734. The molecule has 0 amide bonds. The third-order valence-electron chi connectivity index (χ3n) is 2.14. The van der Waals surface area contributed by atoms with E-state index in [2.05, 4.69) is 5.10 Å². The maximum absolute atomic E-state index is 5.76. The second-order valence-corrected chi connectivity index (χ2v) is 3.37. The number of anilines is 1. The molecule has 1 aromatic heterocycles. The van der Waals surface area contributed by atoms with E-state index in [1.807, 2.05) is 31.3 Å². The summed E-state index contributed by atoms with van der Waals surface area (Å²) in [6.45, 7) is 1.94. The molecule has 0 aliphatic heterocycles. The van der Waals surface area contributed by atoms with Gasteiger partial charge < -0.3 is 10.5 Å². The number of rotatable bonds is 2. The Hall–Kier alpha value is -1.97. The Kier molecular flexibility index (Phi) is 2.33. The lowest BCUT2D eigenvalue weighted by molar-refractivity contribution is 0.414. The summed E-state index contributed by atoms with van der Waals surface area (Å²) in [7, 11) is 1.62. The van der Waals surface area contributed by atoms with E-state index in [0.717, 1.165) is 17.1 Å². The molecule has 4 nitrogen and oxygen atoms in total. The van der Waals surface area contributed by atoms with Crippen LogP contribution in [-0.2, 0) is 0 Å². The van der Waals surface area contributed by atoms with Gasteiger partial charge in [0.05, 0.1) is 18.5 Å². The Morgan fingerprint density at radius 3 is 2.73 bits per heavy atom. The third kappa shape index (κ3) is 1.93. The smallest absolute Gasteiger partial charge is 0.123 e. The van der Waals surface area contributed by atoms with E-state index in [4.69, 9.17) is 10.5 Å². The molecule has 0 bridgehead atoms. The number of aromatic nitrogens is 2. The van der Waals surface area contributed by atoms with Crippen LogP contribution < -0.4 is 10.5 Å². The Balaban J connectivity index is 2.48. The standard InChI is InChI=1S/C11H13N3O/c1-8-3-4-14(13-8)10-5-9(12)6-11(7-10)15-2/h3-7H,12H2,1-2H3. The fraction of sp³-hybridized carbons (Fsp3) is 0.182. The molecule has 0 spiro atoms. The van der Waals surface area contributed by atoms with Gasteiger partial charge in [-0.2, -0.15) is 5.10 Å². The normalized spacial score (nSPS) is 10.3. The lowest BCUT2D eigenvalue weighted by Crippen LogP contribution is -1.98. The van der Waals surface area contributed by atoms with E-state index in [1.165, 1.54) is 0 Å². The zero-order valence-corrected chi connectivity index (χ0v) is 8.77. The zero-order valence-electron chi connectivity index (χ0n) is 8.77. The summed E-state index contributed by atoms with van der Waals surface area (Å²) in [4.78, 5) is 0. The van der Waals surface area contributed by atoms with E-state index in [1.54, 1.807) is 17.9 Å². The summed E-state index contributed by atoms with van der Waals surface area (Å²) in [6, 6.07) is 7.47. The second kappa shape index (κ2) is 3.65. The molecule has 0 radical (unpaired) electrons. The van der Waals surface area contributed by atoms with E-state index in [0.29, 0.717) is 5.69 Å². The number of aryl methyl sites for hydroxylation is 1. The van der Waals surface area contributed by atoms with E-state index in [-0.39, 0.29) is 0 Å². The first-order valence-corrected chi connectivity index (χ1v) is 4.66. The van der Waals surface area contributed by atoms with Gasteiger partial charge >= 0.3 is 0 Å². The van der Waals surface area contributed by atoms with Crippen molar-refractivity contribution in [2.75, 3.05) is 12.8 Å². The number of methoxy groups -OCH3 is 1. The molecule has 0 fully saturated rings. The first-order chi connectivity index (χ1) is 7.19.